The van der Waals surface area contributed by atoms with Crippen LogP contribution < -0.4 is 10.1 Å². The second kappa shape index (κ2) is 9.27. The van der Waals surface area contributed by atoms with Gasteiger partial charge in [0.2, 0.25) is 0 Å². The molecule has 0 aromatic heterocycles. The van der Waals surface area contributed by atoms with Crippen LogP contribution in [0.5, 0.6) is 5.75 Å². The summed E-state index contributed by atoms with van der Waals surface area (Å²) < 4.78 is 41.8. The standard InChI is InChI=1S/C16H24F3N3O/c1-4-5-10-22(3)15(20-2)21-11-13-8-6-7-9-14(13)23-12-16(17,18)19/h6-9H,4-5,10-12H2,1-3H3,(H,20,21). The molecule has 0 saturated carbocycles. The molecule has 130 valence electrons. The highest BCUT2D eigenvalue weighted by Gasteiger charge is 2.28. The summed E-state index contributed by atoms with van der Waals surface area (Å²) in [6.07, 6.45) is -2.23. The molecule has 0 saturated heterocycles. The highest BCUT2D eigenvalue weighted by molar-refractivity contribution is 5.79. The highest BCUT2D eigenvalue weighted by Crippen LogP contribution is 2.22. The second-order valence-electron chi connectivity index (χ2n) is 5.19. The smallest absolute Gasteiger partial charge is 0.422 e. The van der Waals surface area contributed by atoms with Crippen LogP contribution >= 0.6 is 0 Å². The number of rotatable bonds is 7. The molecule has 0 heterocycles. The molecule has 1 rings (SSSR count). The summed E-state index contributed by atoms with van der Waals surface area (Å²) in [6, 6.07) is 6.68. The van der Waals surface area contributed by atoms with Crippen molar-refractivity contribution in [1.82, 2.24) is 10.2 Å². The van der Waals surface area contributed by atoms with Gasteiger partial charge in [-0.15, -0.1) is 0 Å². The van der Waals surface area contributed by atoms with Gasteiger partial charge in [-0.2, -0.15) is 13.2 Å². The number of guanidine groups is 1. The van der Waals surface area contributed by atoms with Gasteiger partial charge in [-0.05, 0) is 12.5 Å². The number of hydrogen-bond acceptors (Lipinski definition) is 2. The summed E-state index contributed by atoms with van der Waals surface area (Å²) in [5.74, 6) is 0.924. The predicted molar refractivity (Wildman–Crippen MR) is 85.7 cm³/mol. The van der Waals surface area contributed by atoms with Crippen LogP contribution in [0.15, 0.2) is 29.3 Å². The molecule has 4 nitrogen and oxygen atoms in total. The quantitative estimate of drug-likeness (QED) is 0.614. The second-order valence-corrected chi connectivity index (χ2v) is 5.19. The summed E-state index contributed by atoms with van der Waals surface area (Å²) in [6.45, 7) is 2.02. The molecule has 0 aliphatic rings. The van der Waals surface area contributed by atoms with E-state index in [4.69, 9.17) is 4.74 Å². The highest BCUT2D eigenvalue weighted by atomic mass is 19.4. The van der Waals surface area contributed by atoms with Crippen molar-refractivity contribution in [2.24, 2.45) is 4.99 Å². The third kappa shape index (κ3) is 7.25. The number of alkyl halides is 3. The SMILES string of the molecule is CCCCN(C)C(=NC)NCc1ccccc1OCC(F)(F)F. The van der Waals surface area contributed by atoms with Gasteiger partial charge in [0.1, 0.15) is 5.75 Å². The Labute approximate surface area is 135 Å². The first kappa shape index (κ1) is 19.1. The molecule has 0 amide bonds. The number of aliphatic imine (C=N–C) groups is 1. The van der Waals surface area contributed by atoms with Crippen LogP contribution in [0.4, 0.5) is 13.2 Å². The molecule has 0 aliphatic carbocycles. The van der Waals surface area contributed by atoms with Gasteiger partial charge in [0.05, 0.1) is 0 Å². The summed E-state index contributed by atoms with van der Waals surface area (Å²) >= 11 is 0. The minimum Gasteiger partial charge on any atom is -0.484 e. The minimum absolute atomic E-state index is 0.226. The maximum Gasteiger partial charge on any atom is 0.422 e. The molecule has 7 heteroatoms. The number of para-hydroxylation sites is 1. The first-order chi connectivity index (χ1) is 10.9. The van der Waals surface area contributed by atoms with E-state index in [1.54, 1.807) is 25.2 Å². The lowest BCUT2D eigenvalue weighted by molar-refractivity contribution is -0.153. The van der Waals surface area contributed by atoms with E-state index in [-0.39, 0.29) is 5.75 Å². The van der Waals surface area contributed by atoms with Gasteiger partial charge in [0.15, 0.2) is 12.6 Å². The molecule has 0 atom stereocenters. The van der Waals surface area contributed by atoms with E-state index in [9.17, 15) is 13.2 Å². The van der Waals surface area contributed by atoms with Crippen LogP contribution in [-0.2, 0) is 6.54 Å². The van der Waals surface area contributed by atoms with Crippen LogP contribution in [0, 0.1) is 0 Å². The van der Waals surface area contributed by atoms with Crippen LogP contribution in [0.1, 0.15) is 25.3 Å². The lowest BCUT2D eigenvalue weighted by Crippen LogP contribution is -2.39. The van der Waals surface area contributed by atoms with Gasteiger partial charge in [-0.25, -0.2) is 0 Å². The van der Waals surface area contributed by atoms with E-state index in [0.717, 1.165) is 19.4 Å². The molecule has 0 bridgehead atoms. The maximum atomic E-state index is 12.3. The fourth-order valence-electron chi connectivity index (χ4n) is 2.01. The van der Waals surface area contributed by atoms with E-state index in [1.807, 2.05) is 11.9 Å². The van der Waals surface area contributed by atoms with Crippen molar-refractivity contribution in [3.05, 3.63) is 29.8 Å². The van der Waals surface area contributed by atoms with Crippen molar-refractivity contribution in [2.45, 2.75) is 32.5 Å². The molecular formula is C16H24F3N3O. The van der Waals surface area contributed by atoms with Crippen LogP contribution in [0.3, 0.4) is 0 Å². The zero-order valence-electron chi connectivity index (χ0n) is 13.8. The number of halogens is 3. The Morgan fingerprint density at radius 3 is 2.61 bits per heavy atom. The Balaban J connectivity index is 2.66. The van der Waals surface area contributed by atoms with Crippen LogP contribution in [0.25, 0.3) is 0 Å². The molecule has 1 N–H and O–H groups in total. The molecule has 0 radical (unpaired) electrons. The summed E-state index contributed by atoms with van der Waals surface area (Å²) in [5.41, 5.74) is 0.654. The van der Waals surface area contributed by atoms with Gasteiger partial charge >= 0.3 is 6.18 Å². The predicted octanol–water partition coefficient (Wildman–Crippen LogP) is 3.44. The Morgan fingerprint density at radius 2 is 2.00 bits per heavy atom. The van der Waals surface area contributed by atoms with Crippen molar-refractivity contribution in [3.63, 3.8) is 0 Å². The van der Waals surface area contributed by atoms with Crippen LogP contribution in [0.2, 0.25) is 0 Å². The van der Waals surface area contributed by atoms with Crippen molar-refractivity contribution < 1.29 is 17.9 Å². The maximum absolute atomic E-state index is 12.3. The molecule has 0 aliphatic heterocycles. The topological polar surface area (TPSA) is 36.9 Å². The van der Waals surface area contributed by atoms with E-state index < -0.39 is 12.8 Å². The monoisotopic (exact) mass is 331 g/mol. The first-order valence-corrected chi connectivity index (χ1v) is 7.56. The number of hydrogen-bond donors (Lipinski definition) is 1. The molecule has 1 aromatic rings. The molecule has 0 spiro atoms. The Kier molecular flexibility index (Phi) is 7.71. The Bertz CT molecular complexity index is 504. The number of nitrogens with zero attached hydrogens (tertiary/aromatic N) is 2. The molecular weight excluding hydrogens is 307 g/mol. The Hall–Kier alpha value is -1.92. The summed E-state index contributed by atoms with van der Waals surface area (Å²) in [4.78, 5) is 6.17. The van der Waals surface area contributed by atoms with Gasteiger partial charge in [0.25, 0.3) is 0 Å². The lowest BCUT2D eigenvalue weighted by Gasteiger charge is -2.22. The first-order valence-electron chi connectivity index (χ1n) is 7.56. The Morgan fingerprint density at radius 1 is 1.30 bits per heavy atom. The van der Waals surface area contributed by atoms with E-state index in [1.165, 1.54) is 6.07 Å². The van der Waals surface area contributed by atoms with Gasteiger partial charge in [0, 0.05) is 32.7 Å². The van der Waals surface area contributed by atoms with E-state index >= 15 is 0 Å². The summed E-state index contributed by atoms with van der Waals surface area (Å²) in [7, 11) is 3.61. The normalized spacial score (nSPS) is 12.2. The average Bonchev–Trinajstić information content (AvgIpc) is 2.51. The van der Waals surface area contributed by atoms with Crippen LogP contribution in [-0.4, -0.2) is 44.3 Å². The fourth-order valence-corrected chi connectivity index (χ4v) is 2.01. The van der Waals surface area contributed by atoms with E-state index in [0.29, 0.717) is 18.1 Å². The average molecular weight is 331 g/mol. The minimum atomic E-state index is -4.35. The van der Waals surface area contributed by atoms with Crippen molar-refractivity contribution >= 4 is 5.96 Å². The van der Waals surface area contributed by atoms with Crippen molar-refractivity contribution in [1.29, 1.82) is 0 Å². The number of nitrogens with one attached hydrogen (secondary N) is 1. The fraction of sp³-hybridized carbons (Fsp3) is 0.562. The van der Waals surface area contributed by atoms with E-state index in [2.05, 4.69) is 17.2 Å². The van der Waals surface area contributed by atoms with Gasteiger partial charge in [-0.3, -0.25) is 4.99 Å². The zero-order chi connectivity index (χ0) is 17.3. The van der Waals surface area contributed by atoms with Crippen molar-refractivity contribution in [2.75, 3.05) is 27.2 Å². The molecule has 0 fully saturated rings. The van der Waals surface area contributed by atoms with Crippen molar-refractivity contribution in [3.8, 4) is 5.75 Å². The molecule has 23 heavy (non-hydrogen) atoms. The summed E-state index contributed by atoms with van der Waals surface area (Å²) in [5, 5.41) is 3.15. The van der Waals surface area contributed by atoms with Gasteiger partial charge in [-0.1, -0.05) is 31.5 Å². The third-order valence-corrected chi connectivity index (χ3v) is 3.22. The molecule has 0 unspecified atom stereocenters. The number of benzene rings is 1. The number of ether oxygens (including phenoxy) is 1. The lowest BCUT2D eigenvalue weighted by atomic mass is 10.2. The largest absolute Gasteiger partial charge is 0.484 e. The zero-order valence-corrected chi connectivity index (χ0v) is 13.8. The molecule has 1 aromatic carbocycles. The third-order valence-electron chi connectivity index (χ3n) is 3.22. The number of unbranched alkanes of at least 4 members (excludes halogenated alkanes) is 1. The van der Waals surface area contributed by atoms with Gasteiger partial charge < -0.3 is 15.0 Å².